The number of aliphatic hydroxyl groups is 1. The molecule has 16 heavy (non-hydrogen) atoms. The van der Waals surface area contributed by atoms with Crippen molar-refractivity contribution in [2.45, 2.75) is 32.1 Å². The van der Waals surface area contributed by atoms with Crippen LogP contribution in [0.5, 0.6) is 0 Å². The Morgan fingerprint density at radius 1 is 1.44 bits per heavy atom. The minimum Gasteiger partial charge on any atom is -0.395 e. The minimum absolute atomic E-state index is 0.257. The number of hydrogen-bond donors (Lipinski definition) is 1. The molecule has 0 aromatic rings. The summed E-state index contributed by atoms with van der Waals surface area (Å²) in [4.78, 5) is 2.49. The Morgan fingerprint density at radius 2 is 2.19 bits per heavy atom. The Kier molecular flexibility index (Phi) is 6.73. The summed E-state index contributed by atoms with van der Waals surface area (Å²) < 4.78 is 5.74. The van der Waals surface area contributed by atoms with Gasteiger partial charge in [-0.2, -0.15) is 11.8 Å². The zero-order valence-corrected chi connectivity index (χ0v) is 11.5. The summed E-state index contributed by atoms with van der Waals surface area (Å²) in [6.45, 7) is 11.0. The van der Waals surface area contributed by atoms with Crippen LogP contribution in [0, 0.1) is 5.92 Å². The standard InChI is InChI=1S/C12H25NO2S/c1-10(2)6-13-4-5-15-12(7-13)9-16-11(3)8-14/h10-12,14H,4-9H2,1-3H3. The third-order valence-corrected chi connectivity index (χ3v) is 3.95. The Bertz CT molecular complexity index is 190. The average Bonchev–Trinajstić information content (AvgIpc) is 2.25. The fourth-order valence-corrected chi connectivity index (χ4v) is 2.74. The van der Waals surface area contributed by atoms with E-state index in [1.54, 1.807) is 11.8 Å². The van der Waals surface area contributed by atoms with Gasteiger partial charge in [0.05, 0.1) is 19.3 Å². The zero-order valence-electron chi connectivity index (χ0n) is 10.7. The SMILES string of the molecule is CC(C)CN1CCOC(CSC(C)CO)C1. The highest BCUT2D eigenvalue weighted by Gasteiger charge is 2.21. The summed E-state index contributed by atoms with van der Waals surface area (Å²) in [5.41, 5.74) is 0. The van der Waals surface area contributed by atoms with Gasteiger partial charge in [-0.1, -0.05) is 20.8 Å². The van der Waals surface area contributed by atoms with Crippen molar-refractivity contribution in [1.29, 1.82) is 0 Å². The van der Waals surface area contributed by atoms with E-state index in [-0.39, 0.29) is 6.61 Å². The molecular weight excluding hydrogens is 222 g/mol. The van der Waals surface area contributed by atoms with E-state index in [2.05, 4.69) is 25.7 Å². The van der Waals surface area contributed by atoms with Crippen molar-refractivity contribution in [3.05, 3.63) is 0 Å². The summed E-state index contributed by atoms with van der Waals surface area (Å²) >= 11 is 1.80. The monoisotopic (exact) mass is 247 g/mol. The Balaban J connectivity index is 2.22. The van der Waals surface area contributed by atoms with Gasteiger partial charge in [0.2, 0.25) is 0 Å². The molecule has 0 amide bonds. The molecule has 4 heteroatoms. The third kappa shape index (κ3) is 5.53. The maximum Gasteiger partial charge on any atom is 0.0792 e. The number of rotatable bonds is 6. The number of ether oxygens (including phenoxy) is 1. The van der Waals surface area contributed by atoms with E-state index in [0.29, 0.717) is 11.4 Å². The number of thioether (sulfide) groups is 1. The molecule has 1 aliphatic rings. The molecule has 2 atom stereocenters. The van der Waals surface area contributed by atoms with Crippen molar-refractivity contribution in [2.24, 2.45) is 5.92 Å². The average molecular weight is 247 g/mol. The molecule has 96 valence electrons. The van der Waals surface area contributed by atoms with E-state index in [4.69, 9.17) is 9.84 Å². The Hall–Kier alpha value is 0.230. The molecule has 0 radical (unpaired) electrons. The molecular formula is C12H25NO2S. The van der Waals surface area contributed by atoms with E-state index in [1.807, 2.05) is 0 Å². The Labute approximate surface area is 104 Å². The van der Waals surface area contributed by atoms with Gasteiger partial charge < -0.3 is 9.84 Å². The van der Waals surface area contributed by atoms with Crippen molar-refractivity contribution in [1.82, 2.24) is 4.90 Å². The zero-order chi connectivity index (χ0) is 12.0. The maximum absolute atomic E-state index is 8.96. The maximum atomic E-state index is 8.96. The van der Waals surface area contributed by atoms with Gasteiger partial charge in [0.1, 0.15) is 0 Å². The second-order valence-corrected chi connectivity index (χ2v) is 6.44. The molecule has 1 heterocycles. The number of hydrogen-bond acceptors (Lipinski definition) is 4. The summed E-state index contributed by atoms with van der Waals surface area (Å²) in [7, 11) is 0. The topological polar surface area (TPSA) is 32.7 Å². The van der Waals surface area contributed by atoms with Crippen molar-refractivity contribution in [2.75, 3.05) is 38.6 Å². The van der Waals surface area contributed by atoms with Gasteiger partial charge in [0.25, 0.3) is 0 Å². The van der Waals surface area contributed by atoms with E-state index < -0.39 is 0 Å². The molecule has 2 unspecified atom stereocenters. The largest absolute Gasteiger partial charge is 0.395 e. The van der Waals surface area contributed by atoms with Gasteiger partial charge in [-0.15, -0.1) is 0 Å². The summed E-state index contributed by atoms with van der Waals surface area (Å²) in [5.74, 6) is 1.72. The molecule has 1 aliphatic heterocycles. The number of nitrogens with zero attached hydrogens (tertiary/aromatic N) is 1. The quantitative estimate of drug-likeness (QED) is 0.770. The highest BCUT2D eigenvalue weighted by Crippen LogP contribution is 2.16. The van der Waals surface area contributed by atoms with Crippen molar-refractivity contribution < 1.29 is 9.84 Å². The lowest BCUT2D eigenvalue weighted by molar-refractivity contribution is -0.0192. The van der Waals surface area contributed by atoms with E-state index in [1.165, 1.54) is 6.54 Å². The molecule has 1 fully saturated rings. The summed E-state index contributed by atoms with van der Waals surface area (Å²) in [5, 5.41) is 9.29. The normalized spacial score (nSPS) is 24.9. The molecule has 0 aromatic heterocycles. The molecule has 1 rings (SSSR count). The van der Waals surface area contributed by atoms with Gasteiger partial charge in [-0.3, -0.25) is 4.90 Å². The molecule has 0 aromatic carbocycles. The molecule has 0 bridgehead atoms. The molecule has 1 saturated heterocycles. The van der Waals surface area contributed by atoms with Crippen LogP contribution in [0.4, 0.5) is 0 Å². The molecule has 1 N–H and O–H groups in total. The highest BCUT2D eigenvalue weighted by atomic mass is 32.2. The second kappa shape index (κ2) is 7.54. The molecule has 0 saturated carbocycles. The van der Waals surface area contributed by atoms with Crippen LogP contribution < -0.4 is 0 Å². The van der Waals surface area contributed by atoms with Crippen molar-refractivity contribution in [3.8, 4) is 0 Å². The van der Waals surface area contributed by atoms with Crippen LogP contribution in [0.1, 0.15) is 20.8 Å². The highest BCUT2D eigenvalue weighted by molar-refractivity contribution is 7.99. The van der Waals surface area contributed by atoms with Crippen molar-refractivity contribution >= 4 is 11.8 Å². The van der Waals surface area contributed by atoms with Gasteiger partial charge in [0, 0.05) is 30.6 Å². The number of aliphatic hydroxyl groups excluding tert-OH is 1. The van der Waals surface area contributed by atoms with Gasteiger partial charge in [-0.05, 0) is 5.92 Å². The lowest BCUT2D eigenvalue weighted by Crippen LogP contribution is -2.45. The molecule has 0 aliphatic carbocycles. The smallest absolute Gasteiger partial charge is 0.0792 e. The first-order valence-corrected chi connectivity index (χ1v) is 7.23. The van der Waals surface area contributed by atoms with Crippen LogP contribution >= 0.6 is 11.8 Å². The van der Waals surface area contributed by atoms with Crippen LogP contribution in [0.2, 0.25) is 0 Å². The van der Waals surface area contributed by atoms with Crippen LogP contribution in [0.15, 0.2) is 0 Å². The molecule has 3 nitrogen and oxygen atoms in total. The summed E-state index contributed by atoms with van der Waals surface area (Å²) in [6, 6.07) is 0. The lowest BCUT2D eigenvalue weighted by atomic mass is 10.2. The van der Waals surface area contributed by atoms with Crippen LogP contribution in [0.25, 0.3) is 0 Å². The van der Waals surface area contributed by atoms with E-state index in [9.17, 15) is 0 Å². The van der Waals surface area contributed by atoms with E-state index >= 15 is 0 Å². The number of morpholine rings is 1. The first kappa shape index (κ1) is 14.3. The van der Waals surface area contributed by atoms with Gasteiger partial charge in [0.15, 0.2) is 0 Å². The van der Waals surface area contributed by atoms with Crippen LogP contribution in [-0.4, -0.2) is 60.0 Å². The summed E-state index contributed by atoms with van der Waals surface area (Å²) in [6.07, 6.45) is 0.339. The Morgan fingerprint density at radius 3 is 2.81 bits per heavy atom. The first-order valence-electron chi connectivity index (χ1n) is 6.18. The van der Waals surface area contributed by atoms with E-state index in [0.717, 1.165) is 31.4 Å². The fraction of sp³-hybridized carbons (Fsp3) is 1.00. The lowest BCUT2D eigenvalue weighted by Gasteiger charge is -2.34. The minimum atomic E-state index is 0.257. The predicted molar refractivity (Wildman–Crippen MR) is 70.0 cm³/mol. The predicted octanol–water partition coefficient (Wildman–Crippen LogP) is 1.46. The molecule has 0 spiro atoms. The van der Waals surface area contributed by atoms with Gasteiger partial charge >= 0.3 is 0 Å². The first-order chi connectivity index (χ1) is 7.61. The van der Waals surface area contributed by atoms with Crippen molar-refractivity contribution in [3.63, 3.8) is 0 Å². The van der Waals surface area contributed by atoms with Gasteiger partial charge in [-0.25, -0.2) is 0 Å². The van der Waals surface area contributed by atoms with Crippen LogP contribution in [0.3, 0.4) is 0 Å². The third-order valence-electron chi connectivity index (χ3n) is 2.67. The fourth-order valence-electron chi connectivity index (χ4n) is 1.89. The van der Waals surface area contributed by atoms with Crippen LogP contribution in [-0.2, 0) is 4.74 Å². The second-order valence-electron chi connectivity index (χ2n) is 4.97.